The lowest BCUT2D eigenvalue weighted by Crippen LogP contribution is -1.83. The minimum Gasteiger partial charge on any atom is -0.384 e. The fraction of sp³-hybridized carbons (Fsp3) is 0.667. The van der Waals surface area contributed by atoms with Gasteiger partial charge in [0, 0.05) is 13.5 Å². The molecular weight excluding hydrogens is 88.1 g/mol. The monoisotopic (exact) mass is 98.1 g/mol. The maximum absolute atomic E-state index is 4.74. The van der Waals surface area contributed by atoms with Crippen molar-refractivity contribution in [3.8, 4) is 11.8 Å². The van der Waals surface area contributed by atoms with Crippen molar-refractivity contribution in [2.75, 3.05) is 13.7 Å². The fourth-order valence-corrected chi connectivity index (χ4v) is 0.278. The molecule has 0 heterocycles. The Kier molecular flexibility index (Phi) is 5.14. The molecule has 0 rings (SSSR count). The summed E-state index contributed by atoms with van der Waals surface area (Å²) >= 11 is 0. The van der Waals surface area contributed by atoms with Crippen LogP contribution in [0.15, 0.2) is 0 Å². The second-order valence-corrected chi connectivity index (χ2v) is 1.17. The van der Waals surface area contributed by atoms with E-state index >= 15 is 0 Å². The van der Waals surface area contributed by atoms with Gasteiger partial charge in [-0.1, -0.05) is 0 Å². The number of hydrogen-bond acceptors (Lipinski definition) is 1. The van der Waals surface area contributed by atoms with E-state index in [1.165, 1.54) is 0 Å². The molecule has 0 amide bonds. The maximum atomic E-state index is 4.74. The minimum absolute atomic E-state index is 0.751. The van der Waals surface area contributed by atoms with Gasteiger partial charge in [-0.2, -0.15) is 0 Å². The van der Waals surface area contributed by atoms with E-state index in [2.05, 4.69) is 11.8 Å². The molecule has 0 radical (unpaired) electrons. The largest absolute Gasteiger partial charge is 0.384 e. The van der Waals surface area contributed by atoms with Crippen LogP contribution in [0.25, 0.3) is 0 Å². The van der Waals surface area contributed by atoms with Crippen LogP contribution in [0.4, 0.5) is 0 Å². The lowest BCUT2D eigenvalue weighted by atomic mass is 10.4. The molecule has 0 saturated carbocycles. The molecule has 0 N–H and O–H groups in total. The van der Waals surface area contributed by atoms with Crippen molar-refractivity contribution >= 4 is 0 Å². The maximum Gasteiger partial charge on any atom is 0.0571 e. The lowest BCUT2D eigenvalue weighted by molar-refractivity contribution is 0.206. The number of methoxy groups -OCH3 is 1. The zero-order valence-electron chi connectivity index (χ0n) is 4.82. The van der Waals surface area contributed by atoms with Gasteiger partial charge in [0.25, 0.3) is 0 Å². The van der Waals surface area contributed by atoms with E-state index in [1.807, 2.05) is 6.92 Å². The van der Waals surface area contributed by atoms with E-state index in [9.17, 15) is 0 Å². The highest BCUT2D eigenvalue weighted by atomic mass is 16.5. The molecule has 1 heteroatoms. The third-order valence-corrected chi connectivity index (χ3v) is 0.608. The van der Waals surface area contributed by atoms with Crippen LogP contribution in [0.5, 0.6) is 0 Å². The topological polar surface area (TPSA) is 9.23 Å². The number of rotatable bonds is 2. The Hall–Kier alpha value is -0.480. The first-order valence-corrected chi connectivity index (χ1v) is 2.30. The van der Waals surface area contributed by atoms with Gasteiger partial charge in [-0.25, -0.2) is 0 Å². The summed E-state index contributed by atoms with van der Waals surface area (Å²) in [6.07, 6.45) is 0.854. The van der Waals surface area contributed by atoms with Crippen LogP contribution in [-0.2, 0) is 4.74 Å². The summed E-state index contributed by atoms with van der Waals surface area (Å²) in [4.78, 5) is 0. The van der Waals surface area contributed by atoms with E-state index < -0.39 is 0 Å². The van der Waals surface area contributed by atoms with Crippen LogP contribution in [-0.4, -0.2) is 13.7 Å². The fourth-order valence-electron chi connectivity index (χ4n) is 0.278. The van der Waals surface area contributed by atoms with Crippen LogP contribution >= 0.6 is 0 Å². The summed E-state index contributed by atoms with van der Waals surface area (Å²) in [5, 5.41) is 0. The molecule has 0 aliphatic heterocycles. The first-order valence-electron chi connectivity index (χ1n) is 2.30. The van der Waals surface area contributed by atoms with E-state index in [4.69, 9.17) is 4.74 Å². The molecule has 0 aromatic heterocycles. The predicted molar refractivity (Wildman–Crippen MR) is 29.9 cm³/mol. The van der Waals surface area contributed by atoms with Crippen molar-refractivity contribution in [1.82, 2.24) is 0 Å². The zero-order valence-corrected chi connectivity index (χ0v) is 4.82. The summed E-state index contributed by atoms with van der Waals surface area (Å²) in [7, 11) is 1.68. The summed E-state index contributed by atoms with van der Waals surface area (Å²) in [5.41, 5.74) is 0. The molecule has 40 valence electrons. The summed E-state index contributed by atoms with van der Waals surface area (Å²) in [6, 6.07) is 0. The molecule has 0 aromatic carbocycles. The Morgan fingerprint density at radius 3 is 2.71 bits per heavy atom. The van der Waals surface area contributed by atoms with Crippen molar-refractivity contribution in [3.63, 3.8) is 0 Å². The van der Waals surface area contributed by atoms with E-state index in [1.54, 1.807) is 7.11 Å². The van der Waals surface area contributed by atoms with Crippen molar-refractivity contribution in [2.45, 2.75) is 13.3 Å². The summed E-state index contributed by atoms with van der Waals surface area (Å²) in [6.45, 7) is 2.58. The van der Waals surface area contributed by atoms with Gasteiger partial charge in [0.2, 0.25) is 0 Å². The second kappa shape index (κ2) is 5.52. The van der Waals surface area contributed by atoms with Crippen LogP contribution < -0.4 is 0 Å². The number of hydrogen-bond donors (Lipinski definition) is 0. The molecule has 1 nitrogen and oxygen atoms in total. The Morgan fingerprint density at radius 1 is 1.57 bits per heavy atom. The Morgan fingerprint density at radius 2 is 2.29 bits per heavy atom. The van der Waals surface area contributed by atoms with E-state index in [0.29, 0.717) is 0 Å². The van der Waals surface area contributed by atoms with Crippen molar-refractivity contribution < 1.29 is 4.74 Å². The molecule has 0 fully saturated rings. The molecule has 0 bridgehead atoms. The first kappa shape index (κ1) is 6.52. The highest BCUT2D eigenvalue weighted by Gasteiger charge is 1.71. The average Bonchev–Trinajstić information content (AvgIpc) is 1.69. The first-order chi connectivity index (χ1) is 3.41. The Labute approximate surface area is 44.7 Å². The van der Waals surface area contributed by atoms with Gasteiger partial charge in [-0.15, -0.1) is 11.8 Å². The molecule has 7 heavy (non-hydrogen) atoms. The smallest absolute Gasteiger partial charge is 0.0571 e. The Balaban J connectivity index is 2.78. The van der Waals surface area contributed by atoms with Gasteiger partial charge in [0.15, 0.2) is 0 Å². The van der Waals surface area contributed by atoms with Crippen LogP contribution in [0.3, 0.4) is 0 Å². The van der Waals surface area contributed by atoms with Crippen molar-refractivity contribution in [2.24, 2.45) is 0 Å². The molecule has 0 unspecified atom stereocenters. The second-order valence-electron chi connectivity index (χ2n) is 1.17. The molecule has 0 saturated heterocycles. The molecule has 0 aliphatic rings. The molecule has 0 atom stereocenters. The van der Waals surface area contributed by atoms with E-state index in [0.717, 1.165) is 13.0 Å². The van der Waals surface area contributed by atoms with Crippen molar-refractivity contribution in [1.29, 1.82) is 0 Å². The lowest BCUT2D eigenvalue weighted by Gasteiger charge is -1.85. The summed E-state index contributed by atoms with van der Waals surface area (Å²) < 4.78 is 4.74. The van der Waals surface area contributed by atoms with Crippen LogP contribution in [0.2, 0.25) is 0 Å². The van der Waals surface area contributed by atoms with Gasteiger partial charge < -0.3 is 4.74 Å². The molecular formula is C6H10O. The normalized spacial score (nSPS) is 7.14. The van der Waals surface area contributed by atoms with Gasteiger partial charge >= 0.3 is 0 Å². The van der Waals surface area contributed by atoms with Gasteiger partial charge in [0.1, 0.15) is 0 Å². The highest BCUT2D eigenvalue weighted by Crippen LogP contribution is 1.73. The molecule has 0 spiro atoms. The SMILES string of the molecule is CC#CCCOC. The third kappa shape index (κ3) is 5.52. The van der Waals surface area contributed by atoms with Gasteiger partial charge in [0.05, 0.1) is 6.61 Å². The molecule has 0 aromatic rings. The quantitative estimate of drug-likeness (QED) is 0.370. The molecule has 0 aliphatic carbocycles. The number of ether oxygens (including phenoxy) is 1. The van der Waals surface area contributed by atoms with Crippen LogP contribution in [0.1, 0.15) is 13.3 Å². The zero-order chi connectivity index (χ0) is 5.54. The van der Waals surface area contributed by atoms with Gasteiger partial charge in [-0.3, -0.25) is 0 Å². The predicted octanol–water partition coefficient (Wildman–Crippen LogP) is 1.05. The third-order valence-electron chi connectivity index (χ3n) is 0.608. The van der Waals surface area contributed by atoms with E-state index in [-0.39, 0.29) is 0 Å². The average molecular weight is 98.1 g/mol. The minimum atomic E-state index is 0.751. The van der Waals surface area contributed by atoms with Gasteiger partial charge in [-0.05, 0) is 6.92 Å². The summed E-state index contributed by atoms with van der Waals surface area (Å²) in [5.74, 6) is 5.65. The standard InChI is InChI=1S/C6H10O/c1-3-4-5-6-7-2/h5-6H2,1-2H3. The van der Waals surface area contributed by atoms with Crippen molar-refractivity contribution in [3.05, 3.63) is 0 Å². The van der Waals surface area contributed by atoms with Crippen LogP contribution in [0, 0.1) is 11.8 Å². The highest BCUT2D eigenvalue weighted by molar-refractivity contribution is 4.94. The Bertz CT molecular complexity index is 75.9.